The molecule has 3 rings (SSSR count). The van der Waals surface area contributed by atoms with Gasteiger partial charge in [0.15, 0.2) is 0 Å². The van der Waals surface area contributed by atoms with Gasteiger partial charge in [0.2, 0.25) is 5.91 Å². The SMILES string of the molecule is CC(C(=O)Nc1ccc(Cl)c(Cl)c1)n1nc(-c2cccnc2)ccc1=O. The topological polar surface area (TPSA) is 76.9 Å². The maximum absolute atomic E-state index is 12.5. The van der Waals surface area contributed by atoms with Gasteiger partial charge in [0.05, 0.1) is 15.7 Å². The second-order valence-electron chi connectivity index (χ2n) is 5.54. The van der Waals surface area contributed by atoms with Crippen molar-refractivity contribution in [3.8, 4) is 11.3 Å². The summed E-state index contributed by atoms with van der Waals surface area (Å²) < 4.78 is 1.13. The molecule has 2 heterocycles. The highest BCUT2D eigenvalue weighted by molar-refractivity contribution is 6.42. The first-order valence-electron chi connectivity index (χ1n) is 7.72. The summed E-state index contributed by atoms with van der Waals surface area (Å²) in [5.41, 5.74) is 1.40. The zero-order chi connectivity index (χ0) is 18.7. The van der Waals surface area contributed by atoms with E-state index in [-0.39, 0.29) is 5.56 Å². The van der Waals surface area contributed by atoms with Crippen molar-refractivity contribution in [2.45, 2.75) is 13.0 Å². The summed E-state index contributed by atoms with van der Waals surface area (Å²) in [5, 5.41) is 7.71. The molecule has 1 unspecified atom stereocenters. The summed E-state index contributed by atoms with van der Waals surface area (Å²) >= 11 is 11.8. The van der Waals surface area contributed by atoms with Crippen molar-refractivity contribution in [3.05, 3.63) is 75.3 Å². The minimum absolute atomic E-state index is 0.325. The maximum atomic E-state index is 12.5. The number of carbonyl (C=O) groups excluding carboxylic acids is 1. The van der Waals surface area contributed by atoms with E-state index < -0.39 is 11.9 Å². The molecule has 0 radical (unpaired) electrons. The van der Waals surface area contributed by atoms with Gasteiger partial charge in [-0.2, -0.15) is 5.10 Å². The van der Waals surface area contributed by atoms with Crippen LogP contribution in [0.4, 0.5) is 5.69 Å². The van der Waals surface area contributed by atoms with Crippen LogP contribution in [0.25, 0.3) is 11.3 Å². The average Bonchev–Trinajstić information content (AvgIpc) is 2.65. The molecular formula is C18H14Cl2N4O2. The predicted octanol–water partition coefficient (Wildman–Crippen LogP) is 3.81. The first-order valence-corrected chi connectivity index (χ1v) is 8.47. The first kappa shape index (κ1) is 18.1. The Morgan fingerprint density at radius 3 is 2.65 bits per heavy atom. The zero-order valence-corrected chi connectivity index (χ0v) is 15.2. The van der Waals surface area contributed by atoms with E-state index in [9.17, 15) is 9.59 Å². The molecule has 2 aromatic heterocycles. The zero-order valence-electron chi connectivity index (χ0n) is 13.7. The number of hydrogen-bond acceptors (Lipinski definition) is 4. The molecule has 0 saturated carbocycles. The Kier molecular flexibility index (Phi) is 5.35. The van der Waals surface area contributed by atoms with E-state index in [0.717, 1.165) is 10.2 Å². The van der Waals surface area contributed by atoms with Crippen LogP contribution < -0.4 is 10.9 Å². The van der Waals surface area contributed by atoms with Crippen LogP contribution in [0.1, 0.15) is 13.0 Å². The van der Waals surface area contributed by atoms with Crippen molar-refractivity contribution in [1.29, 1.82) is 0 Å². The number of pyridine rings is 1. The molecular weight excluding hydrogens is 375 g/mol. The largest absolute Gasteiger partial charge is 0.324 e. The molecule has 1 aromatic carbocycles. The molecule has 1 amide bonds. The quantitative estimate of drug-likeness (QED) is 0.736. The fourth-order valence-corrected chi connectivity index (χ4v) is 2.60. The number of hydrogen-bond donors (Lipinski definition) is 1. The maximum Gasteiger partial charge on any atom is 0.267 e. The van der Waals surface area contributed by atoms with Crippen LogP contribution in [0.3, 0.4) is 0 Å². The molecule has 0 aliphatic carbocycles. The molecule has 132 valence electrons. The number of carbonyl (C=O) groups is 1. The van der Waals surface area contributed by atoms with Crippen LogP contribution in [-0.2, 0) is 4.79 Å². The van der Waals surface area contributed by atoms with E-state index in [2.05, 4.69) is 15.4 Å². The van der Waals surface area contributed by atoms with Crippen molar-refractivity contribution in [2.24, 2.45) is 0 Å². The second kappa shape index (κ2) is 7.68. The Morgan fingerprint density at radius 1 is 1.15 bits per heavy atom. The summed E-state index contributed by atoms with van der Waals surface area (Å²) in [5.74, 6) is -0.402. The lowest BCUT2D eigenvalue weighted by atomic mass is 10.2. The van der Waals surface area contributed by atoms with E-state index in [1.165, 1.54) is 12.1 Å². The number of amides is 1. The first-order chi connectivity index (χ1) is 12.5. The van der Waals surface area contributed by atoms with Crippen LogP contribution in [-0.4, -0.2) is 20.7 Å². The van der Waals surface area contributed by atoms with Gasteiger partial charge in [-0.1, -0.05) is 23.2 Å². The lowest BCUT2D eigenvalue weighted by Gasteiger charge is -2.15. The van der Waals surface area contributed by atoms with Gasteiger partial charge >= 0.3 is 0 Å². The molecule has 1 atom stereocenters. The summed E-state index contributed by atoms with van der Waals surface area (Å²) in [4.78, 5) is 28.7. The third-order valence-corrected chi connectivity index (χ3v) is 4.45. The average molecular weight is 389 g/mol. The summed E-state index contributed by atoms with van der Waals surface area (Å²) in [6.07, 6.45) is 3.28. The normalized spacial score (nSPS) is 11.8. The van der Waals surface area contributed by atoms with Crippen LogP contribution in [0.5, 0.6) is 0 Å². The van der Waals surface area contributed by atoms with E-state index in [4.69, 9.17) is 23.2 Å². The van der Waals surface area contributed by atoms with E-state index >= 15 is 0 Å². The predicted molar refractivity (Wildman–Crippen MR) is 102 cm³/mol. The monoisotopic (exact) mass is 388 g/mol. The lowest BCUT2D eigenvalue weighted by molar-refractivity contribution is -0.119. The molecule has 0 aliphatic rings. The van der Waals surface area contributed by atoms with Crippen LogP contribution in [0.15, 0.2) is 59.7 Å². The van der Waals surface area contributed by atoms with E-state index in [0.29, 0.717) is 21.4 Å². The number of anilines is 1. The van der Waals surface area contributed by atoms with Crippen molar-refractivity contribution >= 4 is 34.8 Å². The number of nitrogens with one attached hydrogen (secondary N) is 1. The highest BCUT2D eigenvalue weighted by atomic mass is 35.5. The van der Waals surface area contributed by atoms with Gasteiger partial charge in [-0.05, 0) is 43.3 Å². The summed E-state index contributed by atoms with van der Waals surface area (Å²) in [6.45, 7) is 1.59. The van der Waals surface area contributed by atoms with Crippen molar-refractivity contribution in [2.75, 3.05) is 5.32 Å². The highest BCUT2D eigenvalue weighted by Crippen LogP contribution is 2.25. The van der Waals surface area contributed by atoms with Gasteiger partial charge in [-0.3, -0.25) is 14.6 Å². The van der Waals surface area contributed by atoms with Gasteiger partial charge < -0.3 is 5.32 Å². The Labute approximate surface area is 159 Å². The molecule has 3 aromatic rings. The fraction of sp³-hybridized carbons (Fsp3) is 0.111. The Morgan fingerprint density at radius 2 is 1.96 bits per heavy atom. The third kappa shape index (κ3) is 3.92. The number of aromatic nitrogens is 3. The Bertz CT molecular complexity index is 1010. The standard InChI is InChI=1S/C18H14Cl2N4O2/c1-11(18(26)22-13-4-5-14(19)15(20)9-13)24-17(25)7-6-16(23-24)12-3-2-8-21-10-12/h2-11H,1H3,(H,22,26). The molecule has 6 nitrogen and oxygen atoms in total. The van der Waals surface area contributed by atoms with E-state index in [1.54, 1.807) is 43.6 Å². The molecule has 0 fully saturated rings. The molecule has 0 aliphatic heterocycles. The molecule has 0 bridgehead atoms. The van der Waals surface area contributed by atoms with Gasteiger partial charge in [-0.25, -0.2) is 4.68 Å². The summed E-state index contributed by atoms with van der Waals surface area (Å²) in [7, 11) is 0. The summed E-state index contributed by atoms with van der Waals surface area (Å²) in [6, 6.07) is 10.5. The number of nitrogens with zero attached hydrogens (tertiary/aromatic N) is 3. The second-order valence-corrected chi connectivity index (χ2v) is 6.35. The molecule has 8 heteroatoms. The van der Waals surface area contributed by atoms with Crippen LogP contribution in [0, 0.1) is 0 Å². The van der Waals surface area contributed by atoms with Gasteiger partial charge in [-0.15, -0.1) is 0 Å². The van der Waals surface area contributed by atoms with Gasteiger partial charge in [0, 0.05) is 29.7 Å². The minimum Gasteiger partial charge on any atom is -0.324 e. The van der Waals surface area contributed by atoms with E-state index in [1.807, 2.05) is 6.07 Å². The molecule has 0 saturated heterocycles. The minimum atomic E-state index is -0.825. The van der Waals surface area contributed by atoms with Crippen LogP contribution >= 0.6 is 23.2 Å². The number of halogens is 2. The van der Waals surface area contributed by atoms with Crippen molar-refractivity contribution in [3.63, 3.8) is 0 Å². The van der Waals surface area contributed by atoms with Crippen LogP contribution in [0.2, 0.25) is 10.0 Å². The third-order valence-electron chi connectivity index (χ3n) is 3.72. The Balaban J connectivity index is 1.86. The van der Waals surface area contributed by atoms with Gasteiger partial charge in [0.25, 0.3) is 5.56 Å². The van der Waals surface area contributed by atoms with Crippen molar-refractivity contribution in [1.82, 2.24) is 14.8 Å². The Hall–Kier alpha value is -2.70. The smallest absolute Gasteiger partial charge is 0.267 e. The molecule has 1 N–H and O–H groups in total. The highest BCUT2D eigenvalue weighted by Gasteiger charge is 2.18. The van der Waals surface area contributed by atoms with Gasteiger partial charge in [0.1, 0.15) is 6.04 Å². The molecule has 0 spiro atoms. The fourth-order valence-electron chi connectivity index (χ4n) is 2.30. The lowest BCUT2D eigenvalue weighted by Crippen LogP contribution is -2.33. The molecule has 26 heavy (non-hydrogen) atoms. The number of benzene rings is 1. The number of rotatable bonds is 4. The van der Waals surface area contributed by atoms with Crippen molar-refractivity contribution < 1.29 is 4.79 Å².